The van der Waals surface area contributed by atoms with Crippen molar-refractivity contribution in [3.8, 4) is 0 Å². The highest BCUT2D eigenvalue weighted by molar-refractivity contribution is 5.80. The van der Waals surface area contributed by atoms with Crippen molar-refractivity contribution in [2.45, 2.75) is 71.1 Å². The van der Waals surface area contributed by atoms with Gasteiger partial charge in [-0.2, -0.15) is 4.98 Å². The topological polar surface area (TPSA) is 80.9 Å². The van der Waals surface area contributed by atoms with E-state index in [0.29, 0.717) is 38.0 Å². The Hall–Kier alpha value is -1.51. The van der Waals surface area contributed by atoms with E-state index in [2.05, 4.69) is 35.8 Å². The minimum atomic E-state index is -0.427. The van der Waals surface area contributed by atoms with Gasteiger partial charge in [-0.1, -0.05) is 25.9 Å². The Morgan fingerprint density at radius 2 is 2.00 bits per heavy atom. The molecule has 2 saturated heterocycles. The predicted molar refractivity (Wildman–Crippen MR) is 104 cm³/mol. The molecular formula is C20H34N4O4. The molecule has 0 unspecified atom stereocenters. The highest BCUT2D eigenvalue weighted by Crippen LogP contribution is 2.20. The van der Waals surface area contributed by atoms with Gasteiger partial charge in [0.2, 0.25) is 5.89 Å². The van der Waals surface area contributed by atoms with Crippen molar-refractivity contribution in [2.24, 2.45) is 0 Å². The lowest BCUT2D eigenvalue weighted by molar-refractivity contribution is -0.147. The third-order valence-corrected chi connectivity index (χ3v) is 5.31. The summed E-state index contributed by atoms with van der Waals surface area (Å²) in [5, 5.41) is 4.09. The summed E-state index contributed by atoms with van der Waals surface area (Å²) in [7, 11) is 0. The number of rotatable bonds is 6. The monoisotopic (exact) mass is 394 g/mol. The van der Waals surface area contributed by atoms with Gasteiger partial charge in [-0.3, -0.25) is 9.69 Å². The van der Waals surface area contributed by atoms with Crippen LogP contribution >= 0.6 is 0 Å². The number of piperazine rings is 1. The second-order valence-electron chi connectivity index (χ2n) is 8.83. The maximum absolute atomic E-state index is 12.7. The van der Waals surface area contributed by atoms with Crippen LogP contribution in [0.3, 0.4) is 0 Å². The highest BCUT2D eigenvalue weighted by Gasteiger charge is 2.28. The number of amides is 1. The van der Waals surface area contributed by atoms with E-state index in [1.54, 1.807) is 0 Å². The minimum absolute atomic E-state index is 0.0602. The number of hydrogen-bond donors (Lipinski definition) is 0. The summed E-state index contributed by atoms with van der Waals surface area (Å²) in [5.41, 5.74) is -0.144. The van der Waals surface area contributed by atoms with Gasteiger partial charge in [0.05, 0.1) is 19.3 Å². The molecule has 8 nitrogen and oxygen atoms in total. The van der Waals surface area contributed by atoms with Gasteiger partial charge in [-0.05, 0) is 26.2 Å². The van der Waals surface area contributed by atoms with Crippen molar-refractivity contribution in [2.75, 3.05) is 39.4 Å². The molecule has 1 aromatic rings. The lowest BCUT2D eigenvalue weighted by Crippen LogP contribution is -2.51. The van der Waals surface area contributed by atoms with Crippen LogP contribution in [0.5, 0.6) is 0 Å². The SMILES string of the molecule is C[C@H](OC[C@@H]1CCCCO1)C(=O)N1CCN(Cc2noc(C(C)(C)C)n2)CC1. The van der Waals surface area contributed by atoms with Gasteiger partial charge in [0.25, 0.3) is 5.91 Å². The Bertz CT molecular complexity index is 628. The number of nitrogens with zero attached hydrogens (tertiary/aromatic N) is 4. The Morgan fingerprint density at radius 3 is 2.61 bits per heavy atom. The first kappa shape index (κ1) is 21.2. The summed E-state index contributed by atoms with van der Waals surface area (Å²) in [6.07, 6.45) is 3.02. The molecule has 2 atom stereocenters. The predicted octanol–water partition coefficient (Wildman–Crippen LogP) is 1.99. The Labute approximate surface area is 167 Å². The summed E-state index contributed by atoms with van der Waals surface area (Å²) in [6.45, 7) is 12.9. The summed E-state index contributed by atoms with van der Waals surface area (Å²) in [5.74, 6) is 1.42. The van der Waals surface area contributed by atoms with E-state index in [9.17, 15) is 4.79 Å². The lowest BCUT2D eigenvalue weighted by atomic mass is 9.97. The zero-order chi connectivity index (χ0) is 20.1. The molecule has 0 spiro atoms. The van der Waals surface area contributed by atoms with Crippen molar-refractivity contribution in [3.63, 3.8) is 0 Å². The van der Waals surface area contributed by atoms with Crippen LogP contribution in [0.2, 0.25) is 0 Å². The van der Waals surface area contributed by atoms with E-state index >= 15 is 0 Å². The summed E-state index contributed by atoms with van der Waals surface area (Å²) in [6, 6.07) is 0. The van der Waals surface area contributed by atoms with Gasteiger partial charge in [-0.25, -0.2) is 0 Å². The van der Waals surface area contributed by atoms with Crippen molar-refractivity contribution in [1.82, 2.24) is 19.9 Å². The van der Waals surface area contributed by atoms with Crippen molar-refractivity contribution in [1.29, 1.82) is 0 Å². The second-order valence-corrected chi connectivity index (χ2v) is 8.83. The number of carbonyl (C=O) groups excluding carboxylic acids is 1. The maximum atomic E-state index is 12.7. The molecule has 2 fully saturated rings. The van der Waals surface area contributed by atoms with Crippen molar-refractivity contribution >= 4 is 5.91 Å². The largest absolute Gasteiger partial charge is 0.376 e. The molecule has 0 bridgehead atoms. The standard InChI is InChI=1S/C20H34N4O4/c1-15(27-14-16-7-5-6-12-26-16)18(25)24-10-8-23(9-11-24)13-17-21-19(28-22-17)20(2,3)4/h15-16H,5-14H2,1-4H3/t15-,16-/m0/s1. The van der Waals surface area contributed by atoms with Crippen LogP contribution in [0, 0.1) is 0 Å². The third kappa shape index (κ3) is 5.75. The van der Waals surface area contributed by atoms with Gasteiger partial charge in [0.15, 0.2) is 5.82 Å². The molecule has 0 aliphatic carbocycles. The van der Waals surface area contributed by atoms with Crippen LogP contribution in [0.25, 0.3) is 0 Å². The van der Waals surface area contributed by atoms with E-state index in [0.717, 1.165) is 32.5 Å². The lowest BCUT2D eigenvalue weighted by Gasteiger charge is -2.35. The first-order chi connectivity index (χ1) is 13.3. The number of carbonyl (C=O) groups is 1. The van der Waals surface area contributed by atoms with Gasteiger partial charge in [0.1, 0.15) is 6.10 Å². The average molecular weight is 395 g/mol. The van der Waals surface area contributed by atoms with Crippen LogP contribution in [0.4, 0.5) is 0 Å². The van der Waals surface area contributed by atoms with Gasteiger partial charge in [0, 0.05) is 38.2 Å². The van der Waals surface area contributed by atoms with Crippen LogP contribution < -0.4 is 0 Å². The second kappa shape index (κ2) is 9.33. The van der Waals surface area contributed by atoms with Crippen molar-refractivity contribution < 1.29 is 18.8 Å². The van der Waals surface area contributed by atoms with E-state index in [-0.39, 0.29) is 17.4 Å². The Kier molecular flexibility index (Phi) is 7.06. The average Bonchev–Trinajstić information content (AvgIpc) is 3.16. The van der Waals surface area contributed by atoms with Crippen LogP contribution in [0.15, 0.2) is 4.52 Å². The van der Waals surface area contributed by atoms with E-state index in [1.165, 1.54) is 6.42 Å². The molecule has 1 amide bonds. The Morgan fingerprint density at radius 1 is 1.25 bits per heavy atom. The number of aromatic nitrogens is 2. The zero-order valence-electron chi connectivity index (χ0n) is 17.6. The molecule has 8 heteroatoms. The fraction of sp³-hybridized carbons (Fsp3) is 0.850. The van der Waals surface area contributed by atoms with E-state index < -0.39 is 6.10 Å². The molecule has 3 rings (SSSR count). The van der Waals surface area contributed by atoms with Crippen LogP contribution in [-0.4, -0.2) is 77.4 Å². The first-order valence-corrected chi connectivity index (χ1v) is 10.4. The van der Waals surface area contributed by atoms with Gasteiger partial charge in [-0.15, -0.1) is 0 Å². The quantitative estimate of drug-likeness (QED) is 0.730. The molecule has 2 aliphatic heterocycles. The summed E-state index contributed by atoms with van der Waals surface area (Å²) in [4.78, 5) is 21.3. The molecule has 3 heterocycles. The van der Waals surface area contributed by atoms with Crippen LogP contribution in [0.1, 0.15) is 58.7 Å². The normalized spacial score (nSPS) is 23.0. The fourth-order valence-electron chi connectivity index (χ4n) is 3.47. The van der Waals surface area contributed by atoms with Gasteiger partial charge < -0.3 is 18.9 Å². The molecular weight excluding hydrogens is 360 g/mol. The molecule has 158 valence electrons. The molecule has 0 N–H and O–H groups in total. The zero-order valence-corrected chi connectivity index (χ0v) is 17.6. The van der Waals surface area contributed by atoms with Crippen molar-refractivity contribution in [3.05, 3.63) is 11.7 Å². The maximum Gasteiger partial charge on any atom is 0.251 e. The highest BCUT2D eigenvalue weighted by atomic mass is 16.5. The van der Waals surface area contributed by atoms with E-state index in [4.69, 9.17) is 14.0 Å². The number of ether oxygens (including phenoxy) is 2. The fourth-order valence-corrected chi connectivity index (χ4v) is 3.47. The Balaban J connectivity index is 1.40. The summed E-state index contributed by atoms with van der Waals surface area (Å²) < 4.78 is 16.8. The summed E-state index contributed by atoms with van der Waals surface area (Å²) >= 11 is 0. The molecule has 0 aromatic carbocycles. The molecule has 2 aliphatic rings. The molecule has 0 radical (unpaired) electrons. The molecule has 1 aromatic heterocycles. The minimum Gasteiger partial charge on any atom is -0.376 e. The molecule has 0 saturated carbocycles. The smallest absolute Gasteiger partial charge is 0.251 e. The van der Waals surface area contributed by atoms with Gasteiger partial charge >= 0.3 is 0 Å². The van der Waals surface area contributed by atoms with E-state index in [1.807, 2.05) is 11.8 Å². The van der Waals surface area contributed by atoms with Crippen LogP contribution in [-0.2, 0) is 26.2 Å². The number of hydrogen-bond acceptors (Lipinski definition) is 7. The third-order valence-electron chi connectivity index (χ3n) is 5.31. The molecule has 28 heavy (non-hydrogen) atoms. The first-order valence-electron chi connectivity index (χ1n) is 10.4.